The van der Waals surface area contributed by atoms with Crippen LogP contribution in [0.25, 0.3) is 0 Å². The van der Waals surface area contributed by atoms with Crippen molar-refractivity contribution in [2.75, 3.05) is 12.7 Å². The highest BCUT2D eigenvalue weighted by Gasteiger charge is 2.34. The van der Waals surface area contributed by atoms with E-state index >= 15 is 0 Å². The Kier molecular flexibility index (Phi) is 6.65. The van der Waals surface area contributed by atoms with Crippen molar-refractivity contribution in [2.45, 2.75) is 38.5 Å². The lowest BCUT2D eigenvalue weighted by Crippen LogP contribution is -2.38. The smallest absolute Gasteiger partial charge is 0.326 e. The maximum atomic E-state index is 12.1. The summed E-state index contributed by atoms with van der Waals surface area (Å²) in [6.45, 7) is -0.0153. The molecule has 0 aliphatic heterocycles. The van der Waals surface area contributed by atoms with E-state index in [9.17, 15) is 14.2 Å². The lowest BCUT2D eigenvalue weighted by molar-refractivity contribution is -0.137. The van der Waals surface area contributed by atoms with Crippen molar-refractivity contribution in [1.29, 1.82) is 0 Å². The van der Waals surface area contributed by atoms with E-state index in [4.69, 9.17) is 14.9 Å². The maximum absolute atomic E-state index is 12.1. The van der Waals surface area contributed by atoms with Crippen LogP contribution in [0.15, 0.2) is 0 Å². The van der Waals surface area contributed by atoms with Crippen molar-refractivity contribution < 1.29 is 29.0 Å². The first kappa shape index (κ1) is 17.1. The molecule has 1 amide bonds. The number of rotatable bonds is 7. The Morgan fingerprint density at radius 1 is 1.20 bits per heavy atom. The molecular formula is C12H22NO6P. The molecule has 1 aliphatic rings. The normalized spacial score (nSPS) is 18.5. The molecule has 1 rings (SSSR count). The van der Waals surface area contributed by atoms with Crippen molar-refractivity contribution in [3.05, 3.63) is 0 Å². The van der Waals surface area contributed by atoms with Gasteiger partial charge in [-0.05, 0) is 18.8 Å². The molecule has 116 valence electrons. The fourth-order valence-electron chi connectivity index (χ4n) is 2.66. The third-order valence-corrected chi connectivity index (χ3v) is 4.50. The number of amides is 1. The average Bonchev–Trinajstić information content (AvgIpc) is 2.35. The van der Waals surface area contributed by atoms with Crippen LogP contribution in [0.2, 0.25) is 0 Å². The van der Waals surface area contributed by atoms with Crippen LogP contribution in [-0.2, 0) is 14.2 Å². The minimum atomic E-state index is -4.27. The molecule has 1 saturated carbocycles. The third kappa shape index (κ3) is 6.50. The first-order valence-electron chi connectivity index (χ1n) is 6.83. The van der Waals surface area contributed by atoms with E-state index in [1.54, 1.807) is 0 Å². The molecule has 1 unspecified atom stereocenters. The van der Waals surface area contributed by atoms with Crippen LogP contribution in [0, 0.1) is 11.8 Å². The molecule has 1 fully saturated rings. The number of carboxylic acid groups (broad SMARTS) is 1. The molecule has 0 radical (unpaired) electrons. The Morgan fingerprint density at radius 3 is 2.30 bits per heavy atom. The Balaban J connectivity index is 2.62. The topological polar surface area (TPSA) is 124 Å². The summed E-state index contributed by atoms with van der Waals surface area (Å²) in [5.74, 6) is -2.22. The minimum Gasteiger partial charge on any atom is -0.481 e. The molecule has 0 aromatic carbocycles. The van der Waals surface area contributed by atoms with Crippen LogP contribution in [0.1, 0.15) is 38.5 Å². The van der Waals surface area contributed by atoms with Gasteiger partial charge < -0.3 is 20.2 Å². The summed E-state index contributed by atoms with van der Waals surface area (Å²) in [4.78, 5) is 40.7. The molecule has 1 atom stereocenters. The van der Waals surface area contributed by atoms with Gasteiger partial charge in [-0.2, -0.15) is 0 Å². The number of aliphatic carboxylic acids is 1. The van der Waals surface area contributed by atoms with Gasteiger partial charge in [0.25, 0.3) is 0 Å². The lowest BCUT2D eigenvalue weighted by atomic mass is 9.80. The second-order valence-electron chi connectivity index (χ2n) is 5.29. The summed E-state index contributed by atoms with van der Waals surface area (Å²) in [5.41, 5.74) is 0. The quantitative estimate of drug-likeness (QED) is 0.519. The molecule has 20 heavy (non-hydrogen) atoms. The van der Waals surface area contributed by atoms with E-state index in [0.29, 0.717) is 0 Å². The number of carbonyl (C=O) groups is 2. The van der Waals surface area contributed by atoms with Crippen LogP contribution in [-0.4, -0.2) is 39.5 Å². The molecule has 0 aromatic rings. The summed E-state index contributed by atoms with van der Waals surface area (Å²) < 4.78 is 11.2. The van der Waals surface area contributed by atoms with Crippen LogP contribution >= 0.6 is 7.60 Å². The molecule has 7 nitrogen and oxygen atoms in total. The summed E-state index contributed by atoms with van der Waals surface area (Å²) in [7, 11) is -4.27. The first-order chi connectivity index (χ1) is 9.29. The van der Waals surface area contributed by atoms with Gasteiger partial charge in [-0.1, -0.05) is 19.3 Å². The Hall–Kier alpha value is -0.910. The summed E-state index contributed by atoms with van der Waals surface area (Å²) in [5, 5.41) is 11.0. The monoisotopic (exact) mass is 307 g/mol. The number of nitrogens with one attached hydrogen (secondary N) is 1. The van der Waals surface area contributed by atoms with Crippen molar-refractivity contribution in [1.82, 2.24) is 5.32 Å². The molecule has 4 N–H and O–H groups in total. The van der Waals surface area contributed by atoms with Crippen molar-refractivity contribution in [2.24, 2.45) is 11.8 Å². The second kappa shape index (κ2) is 7.76. The van der Waals surface area contributed by atoms with Gasteiger partial charge in [-0.25, -0.2) is 0 Å². The van der Waals surface area contributed by atoms with Gasteiger partial charge in [0.05, 0.1) is 18.5 Å². The predicted molar refractivity (Wildman–Crippen MR) is 72.2 cm³/mol. The van der Waals surface area contributed by atoms with E-state index in [0.717, 1.165) is 32.1 Å². The van der Waals surface area contributed by atoms with Gasteiger partial charge in [-0.3, -0.25) is 14.2 Å². The fourth-order valence-corrected chi connectivity index (χ4v) is 3.64. The highest BCUT2D eigenvalue weighted by molar-refractivity contribution is 7.51. The van der Waals surface area contributed by atoms with E-state index < -0.39 is 31.6 Å². The molecular weight excluding hydrogens is 285 g/mol. The highest BCUT2D eigenvalue weighted by atomic mass is 31.2. The number of carbonyl (C=O) groups excluding carboxylic acids is 1. The Bertz CT molecular complexity index is 387. The van der Waals surface area contributed by atoms with E-state index in [1.165, 1.54) is 0 Å². The van der Waals surface area contributed by atoms with Gasteiger partial charge in [0.2, 0.25) is 5.91 Å². The van der Waals surface area contributed by atoms with Gasteiger partial charge in [0.15, 0.2) is 0 Å². The van der Waals surface area contributed by atoms with Crippen molar-refractivity contribution in [3.8, 4) is 0 Å². The highest BCUT2D eigenvalue weighted by Crippen LogP contribution is 2.42. The standard InChI is InChI=1S/C12H22NO6P/c14-11(15)6-7-13-12(16)10(8-20(17,18)19)9-4-2-1-3-5-9/h9-10H,1-8H2,(H,13,16)(H,14,15)(H2,17,18,19). The summed E-state index contributed by atoms with van der Waals surface area (Å²) in [6, 6.07) is 0. The number of hydrogen-bond acceptors (Lipinski definition) is 3. The zero-order valence-electron chi connectivity index (χ0n) is 11.3. The third-order valence-electron chi connectivity index (χ3n) is 3.63. The largest absolute Gasteiger partial charge is 0.481 e. The Morgan fingerprint density at radius 2 is 1.80 bits per heavy atom. The van der Waals surface area contributed by atoms with Gasteiger partial charge >= 0.3 is 13.6 Å². The predicted octanol–water partition coefficient (Wildman–Crippen LogP) is 0.952. The van der Waals surface area contributed by atoms with E-state index in [-0.39, 0.29) is 18.9 Å². The first-order valence-corrected chi connectivity index (χ1v) is 8.63. The lowest BCUT2D eigenvalue weighted by Gasteiger charge is -2.29. The number of carboxylic acids is 1. The minimum absolute atomic E-state index is 0.0153. The molecule has 0 saturated heterocycles. The molecule has 8 heteroatoms. The molecule has 0 heterocycles. The Labute approximate surface area is 117 Å². The zero-order chi connectivity index (χ0) is 15.2. The van der Waals surface area contributed by atoms with E-state index in [1.807, 2.05) is 0 Å². The average molecular weight is 307 g/mol. The van der Waals surface area contributed by atoms with Crippen molar-refractivity contribution >= 4 is 19.5 Å². The van der Waals surface area contributed by atoms with Crippen LogP contribution < -0.4 is 5.32 Å². The molecule has 0 bridgehead atoms. The SMILES string of the molecule is O=C(O)CCNC(=O)C(CP(=O)(O)O)C1CCCCC1. The van der Waals surface area contributed by atoms with Crippen LogP contribution in [0.5, 0.6) is 0 Å². The molecule has 0 spiro atoms. The van der Waals surface area contributed by atoms with Gasteiger partial charge in [0, 0.05) is 6.54 Å². The zero-order valence-corrected chi connectivity index (χ0v) is 12.2. The summed E-state index contributed by atoms with van der Waals surface area (Å²) in [6.07, 6.45) is 3.93. The molecule has 1 aliphatic carbocycles. The fraction of sp³-hybridized carbons (Fsp3) is 0.833. The van der Waals surface area contributed by atoms with Crippen molar-refractivity contribution in [3.63, 3.8) is 0 Å². The maximum Gasteiger partial charge on any atom is 0.326 e. The second-order valence-corrected chi connectivity index (χ2v) is 6.98. The van der Waals surface area contributed by atoms with Gasteiger partial charge in [-0.15, -0.1) is 0 Å². The van der Waals surface area contributed by atoms with Gasteiger partial charge in [0.1, 0.15) is 0 Å². The van der Waals surface area contributed by atoms with Crippen LogP contribution in [0.3, 0.4) is 0 Å². The number of hydrogen-bond donors (Lipinski definition) is 4. The molecule has 0 aromatic heterocycles. The van der Waals surface area contributed by atoms with E-state index in [2.05, 4.69) is 5.32 Å². The summed E-state index contributed by atoms with van der Waals surface area (Å²) >= 11 is 0. The van der Waals surface area contributed by atoms with Crippen LogP contribution in [0.4, 0.5) is 0 Å².